The molecule has 0 saturated carbocycles. The standard InChI is InChI=1S/C16H23NO2S/c1-12(17-9-4-5-10-20-3)15-11-13-7-6-8-14(18-2)16(13)19-15/h6-8,11-12,17H,4-5,9-10H2,1-3H3. The molecule has 2 aromatic rings. The number of methoxy groups -OCH3 is 1. The number of nitrogens with one attached hydrogen (secondary N) is 1. The smallest absolute Gasteiger partial charge is 0.176 e. The highest BCUT2D eigenvalue weighted by atomic mass is 32.2. The molecule has 0 aliphatic carbocycles. The van der Waals surface area contributed by atoms with Crippen molar-refractivity contribution in [3.63, 3.8) is 0 Å². The van der Waals surface area contributed by atoms with Crippen molar-refractivity contribution in [2.45, 2.75) is 25.8 Å². The van der Waals surface area contributed by atoms with Crippen LogP contribution in [0.3, 0.4) is 0 Å². The lowest BCUT2D eigenvalue weighted by atomic mass is 10.2. The number of rotatable bonds is 8. The largest absolute Gasteiger partial charge is 0.493 e. The van der Waals surface area contributed by atoms with E-state index in [0.29, 0.717) is 0 Å². The van der Waals surface area contributed by atoms with E-state index in [1.807, 2.05) is 23.9 Å². The van der Waals surface area contributed by atoms with Gasteiger partial charge in [0.1, 0.15) is 5.76 Å². The summed E-state index contributed by atoms with van der Waals surface area (Å²) >= 11 is 1.90. The molecule has 0 radical (unpaired) electrons. The molecule has 0 fully saturated rings. The second-order valence-corrected chi connectivity index (χ2v) is 5.89. The third kappa shape index (κ3) is 3.70. The minimum atomic E-state index is 0.224. The lowest BCUT2D eigenvalue weighted by Crippen LogP contribution is -2.19. The van der Waals surface area contributed by atoms with Crippen molar-refractivity contribution in [2.75, 3.05) is 25.7 Å². The molecule has 4 heteroatoms. The van der Waals surface area contributed by atoms with Crippen LogP contribution < -0.4 is 10.1 Å². The molecule has 110 valence electrons. The lowest BCUT2D eigenvalue weighted by Gasteiger charge is -2.10. The third-order valence-electron chi connectivity index (χ3n) is 3.40. The number of benzene rings is 1. The Morgan fingerprint density at radius 3 is 2.95 bits per heavy atom. The van der Waals surface area contributed by atoms with Crippen LogP contribution in [0.1, 0.15) is 31.6 Å². The van der Waals surface area contributed by atoms with Crippen LogP contribution in [0, 0.1) is 0 Å². The maximum absolute atomic E-state index is 5.94. The van der Waals surface area contributed by atoms with Crippen molar-refractivity contribution in [2.24, 2.45) is 0 Å². The minimum absolute atomic E-state index is 0.224. The van der Waals surface area contributed by atoms with Crippen LogP contribution in [0.25, 0.3) is 11.0 Å². The number of para-hydroxylation sites is 1. The highest BCUT2D eigenvalue weighted by molar-refractivity contribution is 7.98. The van der Waals surface area contributed by atoms with Crippen LogP contribution in [0.4, 0.5) is 0 Å². The first kappa shape index (κ1) is 15.3. The number of thioether (sulfide) groups is 1. The third-order valence-corrected chi connectivity index (χ3v) is 4.10. The maximum Gasteiger partial charge on any atom is 0.176 e. The van der Waals surface area contributed by atoms with Gasteiger partial charge in [0.15, 0.2) is 11.3 Å². The molecule has 0 amide bonds. The normalized spacial score (nSPS) is 12.8. The Balaban J connectivity index is 1.98. The summed E-state index contributed by atoms with van der Waals surface area (Å²) in [4.78, 5) is 0. The van der Waals surface area contributed by atoms with Crippen LogP contribution in [0.2, 0.25) is 0 Å². The second-order valence-electron chi connectivity index (χ2n) is 4.90. The molecule has 20 heavy (non-hydrogen) atoms. The van der Waals surface area contributed by atoms with Gasteiger partial charge in [-0.15, -0.1) is 0 Å². The summed E-state index contributed by atoms with van der Waals surface area (Å²) in [6.45, 7) is 3.16. The summed E-state index contributed by atoms with van der Waals surface area (Å²) in [5, 5.41) is 4.61. The fourth-order valence-electron chi connectivity index (χ4n) is 2.22. The number of unbranched alkanes of at least 4 members (excludes halogenated alkanes) is 1. The van der Waals surface area contributed by atoms with Gasteiger partial charge in [-0.1, -0.05) is 12.1 Å². The predicted molar refractivity (Wildman–Crippen MR) is 86.8 cm³/mol. The van der Waals surface area contributed by atoms with E-state index in [9.17, 15) is 0 Å². The van der Waals surface area contributed by atoms with Crippen LogP contribution in [0.15, 0.2) is 28.7 Å². The molecule has 1 aromatic heterocycles. The molecular weight excluding hydrogens is 270 g/mol. The Hall–Kier alpha value is -1.13. The monoisotopic (exact) mass is 293 g/mol. The molecule has 1 heterocycles. The van der Waals surface area contributed by atoms with Crippen LogP contribution >= 0.6 is 11.8 Å². The molecule has 1 unspecified atom stereocenters. The maximum atomic E-state index is 5.94. The number of hydrogen-bond donors (Lipinski definition) is 1. The highest BCUT2D eigenvalue weighted by Crippen LogP contribution is 2.30. The van der Waals surface area contributed by atoms with Crippen molar-refractivity contribution in [1.29, 1.82) is 0 Å². The summed E-state index contributed by atoms with van der Waals surface area (Å²) in [6.07, 6.45) is 4.61. The SMILES string of the molecule is COc1cccc2cc(C(C)NCCCCSC)oc12. The molecule has 1 aromatic carbocycles. The van der Waals surface area contributed by atoms with Gasteiger partial charge in [-0.2, -0.15) is 11.8 Å². The van der Waals surface area contributed by atoms with Gasteiger partial charge in [0, 0.05) is 5.39 Å². The van der Waals surface area contributed by atoms with Gasteiger partial charge in [-0.3, -0.25) is 0 Å². The summed E-state index contributed by atoms with van der Waals surface area (Å²) < 4.78 is 11.3. The zero-order valence-corrected chi connectivity index (χ0v) is 13.3. The number of furan rings is 1. The number of fused-ring (bicyclic) bond motifs is 1. The molecule has 0 aliphatic rings. The van der Waals surface area contributed by atoms with Crippen molar-refractivity contribution < 1.29 is 9.15 Å². The van der Waals surface area contributed by atoms with Crippen molar-refractivity contribution in [3.8, 4) is 5.75 Å². The molecular formula is C16H23NO2S. The molecule has 0 saturated heterocycles. The highest BCUT2D eigenvalue weighted by Gasteiger charge is 2.13. The van der Waals surface area contributed by atoms with Gasteiger partial charge in [-0.05, 0) is 50.5 Å². The van der Waals surface area contributed by atoms with E-state index in [-0.39, 0.29) is 6.04 Å². The van der Waals surface area contributed by atoms with E-state index < -0.39 is 0 Å². The van der Waals surface area contributed by atoms with Gasteiger partial charge in [0.05, 0.1) is 13.2 Å². The topological polar surface area (TPSA) is 34.4 Å². The van der Waals surface area contributed by atoms with Crippen molar-refractivity contribution in [3.05, 3.63) is 30.0 Å². The molecule has 1 N–H and O–H groups in total. The Morgan fingerprint density at radius 2 is 2.20 bits per heavy atom. The molecule has 0 spiro atoms. The summed E-state index contributed by atoms with van der Waals surface area (Å²) in [7, 11) is 1.67. The van der Waals surface area contributed by atoms with Gasteiger partial charge in [0.2, 0.25) is 0 Å². The van der Waals surface area contributed by atoms with E-state index in [1.165, 1.54) is 18.6 Å². The fraction of sp³-hybridized carbons (Fsp3) is 0.500. The van der Waals surface area contributed by atoms with E-state index in [1.54, 1.807) is 7.11 Å². The van der Waals surface area contributed by atoms with E-state index >= 15 is 0 Å². The zero-order valence-electron chi connectivity index (χ0n) is 12.4. The average molecular weight is 293 g/mol. The lowest BCUT2D eigenvalue weighted by molar-refractivity contribution is 0.399. The van der Waals surface area contributed by atoms with Crippen molar-refractivity contribution >= 4 is 22.7 Å². The van der Waals surface area contributed by atoms with Crippen LogP contribution in [-0.4, -0.2) is 25.7 Å². The molecule has 2 rings (SSSR count). The van der Waals surface area contributed by atoms with E-state index in [4.69, 9.17) is 9.15 Å². The van der Waals surface area contributed by atoms with E-state index in [2.05, 4.69) is 30.6 Å². The van der Waals surface area contributed by atoms with Crippen molar-refractivity contribution in [1.82, 2.24) is 5.32 Å². The first-order valence-corrected chi connectivity index (χ1v) is 8.44. The fourth-order valence-corrected chi connectivity index (χ4v) is 2.71. The number of ether oxygens (including phenoxy) is 1. The summed E-state index contributed by atoms with van der Waals surface area (Å²) in [5.41, 5.74) is 0.834. The van der Waals surface area contributed by atoms with Gasteiger partial charge in [0.25, 0.3) is 0 Å². The van der Waals surface area contributed by atoms with E-state index in [0.717, 1.165) is 29.0 Å². The minimum Gasteiger partial charge on any atom is -0.493 e. The predicted octanol–water partition coefficient (Wildman–Crippen LogP) is 4.24. The molecule has 0 aliphatic heterocycles. The first-order valence-electron chi connectivity index (χ1n) is 7.05. The van der Waals surface area contributed by atoms with Gasteiger partial charge < -0.3 is 14.5 Å². The average Bonchev–Trinajstić information content (AvgIpc) is 2.90. The zero-order chi connectivity index (χ0) is 14.4. The second kappa shape index (κ2) is 7.60. The van der Waals surface area contributed by atoms with Crippen LogP contribution in [0.5, 0.6) is 5.75 Å². The van der Waals surface area contributed by atoms with Crippen LogP contribution in [-0.2, 0) is 0 Å². The summed E-state index contributed by atoms with van der Waals surface area (Å²) in [5.74, 6) is 2.99. The van der Waals surface area contributed by atoms with Gasteiger partial charge in [-0.25, -0.2) is 0 Å². The Kier molecular flexibility index (Phi) is 5.80. The Bertz CT molecular complexity index is 538. The quantitative estimate of drug-likeness (QED) is 0.738. The summed E-state index contributed by atoms with van der Waals surface area (Å²) in [6, 6.07) is 8.28. The number of hydrogen-bond acceptors (Lipinski definition) is 4. The Labute approximate surface area is 125 Å². The molecule has 1 atom stereocenters. The first-order chi connectivity index (χ1) is 9.76. The molecule has 3 nitrogen and oxygen atoms in total. The molecule has 0 bridgehead atoms. The Morgan fingerprint density at radius 1 is 1.35 bits per heavy atom. The van der Waals surface area contributed by atoms with Gasteiger partial charge >= 0.3 is 0 Å².